The third-order valence-corrected chi connectivity index (χ3v) is 6.76. The van der Waals surface area contributed by atoms with Crippen LogP contribution in [0.25, 0.3) is 6.08 Å². The number of fused-ring (bicyclic) bond motifs is 1. The fourth-order valence-corrected chi connectivity index (χ4v) is 4.70. The number of carboxylic acids is 1. The summed E-state index contributed by atoms with van der Waals surface area (Å²) >= 11 is 0. The zero-order chi connectivity index (χ0) is 24.7. The number of amides is 1. The average Bonchev–Trinajstić information content (AvgIpc) is 3.17. The number of carbonyl (C=O) groups is 2. The number of benzene rings is 3. The highest BCUT2D eigenvalue weighted by Crippen LogP contribution is 2.35. The van der Waals surface area contributed by atoms with Crippen LogP contribution in [-0.2, 0) is 16.0 Å². The number of anilines is 3. The summed E-state index contributed by atoms with van der Waals surface area (Å²) < 4.78 is 0. The lowest BCUT2D eigenvalue weighted by atomic mass is 9.97. The Morgan fingerprint density at radius 1 is 1.00 bits per heavy atom. The molecule has 35 heavy (non-hydrogen) atoms. The molecule has 0 unspecified atom stereocenters. The monoisotopic (exact) mass is 465 g/mol. The Bertz CT molecular complexity index is 1400. The fourth-order valence-electron chi connectivity index (χ4n) is 4.70. The third-order valence-electron chi connectivity index (χ3n) is 6.76. The van der Waals surface area contributed by atoms with Crippen LogP contribution < -0.4 is 9.91 Å². The van der Waals surface area contributed by atoms with Crippen LogP contribution in [0.5, 0.6) is 0 Å². The summed E-state index contributed by atoms with van der Waals surface area (Å²) in [5.41, 5.74) is 7.82. The second-order valence-corrected chi connectivity index (χ2v) is 9.13. The van der Waals surface area contributed by atoms with Crippen molar-refractivity contribution in [2.24, 2.45) is 5.10 Å². The van der Waals surface area contributed by atoms with E-state index in [0.717, 1.165) is 47.5 Å². The van der Waals surface area contributed by atoms with E-state index in [1.807, 2.05) is 32.0 Å². The van der Waals surface area contributed by atoms with Gasteiger partial charge in [0.25, 0.3) is 5.91 Å². The lowest BCUT2D eigenvalue weighted by molar-refractivity contribution is -0.129. The topological polar surface area (TPSA) is 73.2 Å². The molecule has 0 fully saturated rings. The Hall–Kier alpha value is -4.19. The molecule has 0 aliphatic carbocycles. The van der Waals surface area contributed by atoms with Gasteiger partial charge in [-0.1, -0.05) is 35.9 Å². The summed E-state index contributed by atoms with van der Waals surface area (Å²) in [6.07, 6.45) is 3.59. The van der Waals surface area contributed by atoms with Crippen LogP contribution in [0.3, 0.4) is 0 Å². The molecule has 5 rings (SSSR count). The maximum absolute atomic E-state index is 13.3. The van der Waals surface area contributed by atoms with Crippen LogP contribution in [0, 0.1) is 20.8 Å². The van der Waals surface area contributed by atoms with E-state index < -0.39 is 11.9 Å². The zero-order valence-electron chi connectivity index (χ0n) is 20.1. The summed E-state index contributed by atoms with van der Waals surface area (Å²) in [4.78, 5) is 27.6. The molecule has 176 valence electrons. The van der Waals surface area contributed by atoms with Crippen molar-refractivity contribution in [1.29, 1.82) is 0 Å². The number of hydrazone groups is 1. The number of carbonyl (C=O) groups excluding carboxylic acids is 1. The van der Waals surface area contributed by atoms with E-state index in [1.165, 1.54) is 16.1 Å². The third kappa shape index (κ3) is 4.12. The van der Waals surface area contributed by atoms with Crippen molar-refractivity contribution < 1.29 is 14.7 Å². The summed E-state index contributed by atoms with van der Waals surface area (Å²) in [6, 6.07) is 20.1. The number of carboxylic acid groups (broad SMARTS) is 1. The normalized spacial score (nSPS) is 16.5. The molecule has 2 heterocycles. The molecule has 3 aromatic rings. The van der Waals surface area contributed by atoms with Crippen molar-refractivity contribution in [3.8, 4) is 0 Å². The first kappa shape index (κ1) is 22.6. The van der Waals surface area contributed by atoms with Crippen LogP contribution in [0.2, 0.25) is 0 Å². The molecule has 0 bridgehead atoms. The lowest BCUT2D eigenvalue weighted by Crippen LogP contribution is -2.24. The van der Waals surface area contributed by atoms with Gasteiger partial charge in [0.2, 0.25) is 0 Å². The lowest BCUT2D eigenvalue weighted by Gasteiger charge is -2.31. The van der Waals surface area contributed by atoms with E-state index in [2.05, 4.69) is 53.3 Å². The molecule has 1 amide bonds. The maximum Gasteiger partial charge on any atom is 0.357 e. The van der Waals surface area contributed by atoms with Crippen molar-refractivity contribution in [3.05, 3.63) is 94.1 Å². The van der Waals surface area contributed by atoms with E-state index in [4.69, 9.17) is 0 Å². The van der Waals surface area contributed by atoms with E-state index in [1.54, 1.807) is 12.1 Å². The molecule has 6 nitrogen and oxygen atoms in total. The Labute approximate surface area is 204 Å². The van der Waals surface area contributed by atoms with Gasteiger partial charge in [-0.3, -0.25) is 4.79 Å². The van der Waals surface area contributed by atoms with Crippen LogP contribution >= 0.6 is 0 Å². The standard InChI is InChI=1S/C29H27N3O3/c1-18-9-12-23(13-10-18)31-15-5-7-22-16-21(11-14-26(22)31)17-24-27(29(34)35)30-32(28(24)33)25-8-4-6-19(2)20(25)3/h4,6,8-14,16-17H,5,7,15H2,1-3H3,(H,34,35)/b24-17-. The van der Waals surface area contributed by atoms with Gasteiger partial charge in [-0.15, -0.1) is 0 Å². The molecule has 2 aliphatic rings. The van der Waals surface area contributed by atoms with Crippen molar-refractivity contribution in [2.75, 3.05) is 16.5 Å². The minimum atomic E-state index is -1.22. The van der Waals surface area contributed by atoms with Crippen molar-refractivity contribution in [1.82, 2.24) is 0 Å². The molecule has 0 atom stereocenters. The van der Waals surface area contributed by atoms with E-state index >= 15 is 0 Å². The highest BCUT2D eigenvalue weighted by Gasteiger charge is 2.36. The Morgan fingerprint density at radius 2 is 1.77 bits per heavy atom. The molecule has 0 spiro atoms. The first-order valence-electron chi connectivity index (χ1n) is 11.8. The summed E-state index contributed by atoms with van der Waals surface area (Å²) in [5, 5.41) is 15.2. The average molecular weight is 466 g/mol. The zero-order valence-corrected chi connectivity index (χ0v) is 20.1. The van der Waals surface area contributed by atoms with Gasteiger partial charge in [0.15, 0.2) is 5.71 Å². The number of nitrogens with zero attached hydrogens (tertiary/aromatic N) is 3. The van der Waals surface area contributed by atoms with Crippen LogP contribution in [0.4, 0.5) is 17.1 Å². The van der Waals surface area contributed by atoms with Gasteiger partial charge in [-0.25, -0.2) is 4.79 Å². The maximum atomic E-state index is 13.3. The van der Waals surface area contributed by atoms with Gasteiger partial charge in [0.1, 0.15) is 0 Å². The van der Waals surface area contributed by atoms with Crippen LogP contribution in [0.1, 0.15) is 34.2 Å². The number of rotatable bonds is 4. The predicted molar refractivity (Wildman–Crippen MR) is 139 cm³/mol. The van der Waals surface area contributed by atoms with Gasteiger partial charge in [0, 0.05) is 17.9 Å². The molecule has 1 N–H and O–H groups in total. The number of aryl methyl sites for hydroxylation is 3. The fraction of sp³-hybridized carbons (Fsp3) is 0.207. The molecular weight excluding hydrogens is 438 g/mol. The molecule has 6 heteroatoms. The minimum absolute atomic E-state index is 0.0876. The molecule has 0 radical (unpaired) electrons. The highest BCUT2D eigenvalue weighted by atomic mass is 16.4. The van der Waals surface area contributed by atoms with E-state index in [-0.39, 0.29) is 11.3 Å². The van der Waals surface area contributed by atoms with Gasteiger partial charge in [0.05, 0.1) is 11.3 Å². The minimum Gasteiger partial charge on any atom is -0.476 e. The van der Waals surface area contributed by atoms with Gasteiger partial charge >= 0.3 is 5.97 Å². The second-order valence-electron chi connectivity index (χ2n) is 9.13. The van der Waals surface area contributed by atoms with E-state index in [0.29, 0.717) is 5.69 Å². The largest absolute Gasteiger partial charge is 0.476 e. The van der Waals surface area contributed by atoms with Gasteiger partial charge in [-0.05, 0) is 92.3 Å². The summed E-state index contributed by atoms with van der Waals surface area (Å²) in [6.45, 7) is 6.87. The molecule has 0 saturated heterocycles. The van der Waals surface area contributed by atoms with Crippen molar-refractivity contribution in [2.45, 2.75) is 33.6 Å². The van der Waals surface area contributed by atoms with Crippen LogP contribution in [-0.4, -0.2) is 29.2 Å². The first-order chi connectivity index (χ1) is 16.8. The highest BCUT2D eigenvalue weighted by molar-refractivity contribution is 6.53. The van der Waals surface area contributed by atoms with Crippen LogP contribution in [0.15, 0.2) is 71.3 Å². The van der Waals surface area contributed by atoms with Crippen molar-refractivity contribution >= 4 is 40.7 Å². The Kier molecular flexibility index (Phi) is 5.73. The predicted octanol–water partition coefficient (Wildman–Crippen LogP) is 5.57. The Balaban J connectivity index is 1.51. The molecular formula is C29H27N3O3. The van der Waals surface area contributed by atoms with E-state index in [9.17, 15) is 14.7 Å². The van der Waals surface area contributed by atoms with Gasteiger partial charge in [-0.2, -0.15) is 10.1 Å². The van der Waals surface area contributed by atoms with Crippen molar-refractivity contribution in [3.63, 3.8) is 0 Å². The second kappa shape index (κ2) is 8.87. The van der Waals surface area contributed by atoms with Gasteiger partial charge < -0.3 is 10.0 Å². The smallest absolute Gasteiger partial charge is 0.357 e. The first-order valence-corrected chi connectivity index (χ1v) is 11.8. The Morgan fingerprint density at radius 3 is 2.51 bits per heavy atom. The number of hydrogen-bond acceptors (Lipinski definition) is 4. The SMILES string of the molecule is Cc1ccc(N2CCCc3cc(/C=C4\C(=O)N(c5cccc(C)c5C)N=C4C(=O)O)ccc32)cc1. The summed E-state index contributed by atoms with van der Waals surface area (Å²) in [5.74, 6) is -1.66. The summed E-state index contributed by atoms with van der Waals surface area (Å²) in [7, 11) is 0. The molecule has 0 saturated carbocycles. The molecule has 3 aromatic carbocycles. The molecule has 2 aliphatic heterocycles. The number of aliphatic carboxylic acids is 1. The number of hydrogen-bond donors (Lipinski definition) is 1. The quantitative estimate of drug-likeness (QED) is 0.512. The molecule has 0 aromatic heterocycles.